The molecule has 5 N–H and O–H groups in total. The lowest BCUT2D eigenvalue weighted by Gasteiger charge is -2.30. The van der Waals surface area contributed by atoms with Gasteiger partial charge in [-0.05, 0) is 54.6 Å². The second-order valence-corrected chi connectivity index (χ2v) is 12.3. The summed E-state index contributed by atoms with van der Waals surface area (Å²) in [6, 6.07) is 13.3. The number of rotatable bonds is 1. The molecule has 1 aliphatic heterocycles. The molecule has 0 aromatic heterocycles. The fraction of sp³-hybridized carbons (Fsp3) is 0.139. The molecule has 9 heteroatoms. The molecule has 0 unspecified atom stereocenters. The topological polar surface area (TPSA) is 165 Å². The lowest BCUT2D eigenvalue weighted by Crippen LogP contribution is -2.35. The molecule has 220 valence electrons. The van der Waals surface area contributed by atoms with Crippen LogP contribution in [0, 0.1) is 6.92 Å². The van der Waals surface area contributed by atoms with Crippen LogP contribution in [0.5, 0.6) is 28.7 Å². The Hall–Kier alpha value is -5.67. The fourth-order valence-corrected chi connectivity index (χ4v) is 7.98. The van der Waals surface area contributed by atoms with Crippen LogP contribution in [-0.4, -0.2) is 54.6 Å². The number of fused-ring (bicyclic) bond motifs is 11. The summed E-state index contributed by atoms with van der Waals surface area (Å²) in [5.41, 5.74) is 0.330. The van der Waals surface area contributed by atoms with E-state index in [9.17, 15) is 39.9 Å². The first-order valence-electron chi connectivity index (χ1n) is 14.3. The number of phenolic OH excluding ortho intramolecular Hbond substituents is 5. The van der Waals surface area contributed by atoms with Gasteiger partial charge in [-0.1, -0.05) is 30.3 Å². The summed E-state index contributed by atoms with van der Waals surface area (Å²) in [5.74, 6) is -3.89. The van der Waals surface area contributed by atoms with Crippen LogP contribution in [-0.2, 0) is 4.74 Å². The number of hydrogen-bond donors (Lipinski definition) is 5. The number of Topliss-reactive ketones (excluding diaryl/α,β-unsaturated/α-hetero) is 1. The van der Waals surface area contributed by atoms with Crippen molar-refractivity contribution < 1.29 is 44.7 Å². The summed E-state index contributed by atoms with van der Waals surface area (Å²) in [5, 5.41) is 57.0. The maximum atomic E-state index is 14.1. The Morgan fingerprint density at radius 1 is 0.644 bits per heavy atom. The van der Waals surface area contributed by atoms with Gasteiger partial charge in [0.2, 0.25) is 0 Å². The Balaban J connectivity index is 1.46. The van der Waals surface area contributed by atoms with Gasteiger partial charge in [0.25, 0.3) is 0 Å². The quantitative estimate of drug-likeness (QED) is 0.152. The normalized spacial score (nSPS) is 21.7. The zero-order valence-electron chi connectivity index (χ0n) is 23.7. The van der Waals surface area contributed by atoms with E-state index in [1.807, 2.05) is 0 Å². The minimum atomic E-state index is -1.35. The van der Waals surface area contributed by atoms with Gasteiger partial charge in [0, 0.05) is 66.9 Å². The average Bonchev–Trinajstić information content (AvgIpc) is 3.47. The highest BCUT2D eigenvalue weighted by atomic mass is 16.6. The molecular weight excluding hydrogens is 576 g/mol. The molecule has 5 aromatic rings. The van der Waals surface area contributed by atoms with Crippen molar-refractivity contribution in [3.63, 3.8) is 0 Å². The standard InChI is InChI=1S/C36H22O9/c1-12-9-15-23(19(39)10-12)27-28(22-14(31(27)41)6-4-8-18(22)38)33(43)25(15)30-24-16(34(44)36(2)35(30)45-36)11-20(40)26-21-13(32(42)29(24)26)5-3-7-17(21)37/h3-11,30,35,37-40,43H,1-2H3/t30-,35-,36+/m0/s1. The lowest BCUT2D eigenvalue weighted by atomic mass is 9.69. The number of epoxide rings is 1. The molecule has 9 rings (SSSR count). The van der Waals surface area contributed by atoms with Crippen molar-refractivity contribution in [1.82, 2.24) is 0 Å². The van der Waals surface area contributed by atoms with Crippen molar-refractivity contribution in [3.05, 3.63) is 99.1 Å². The van der Waals surface area contributed by atoms with E-state index in [2.05, 4.69) is 0 Å². The number of aromatic hydroxyl groups is 5. The molecule has 0 saturated carbocycles. The lowest BCUT2D eigenvalue weighted by molar-refractivity contribution is 0.0886. The monoisotopic (exact) mass is 598 g/mol. The van der Waals surface area contributed by atoms with E-state index in [0.29, 0.717) is 10.9 Å². The second-order valence-electron chi connectivity index (χ2n) is 12.3. The molecule has 5 aromatic carbocycles. The van der Waals surface area contributed by atoms with E-state index in [-0.39, 0.29) is 95.3 Å². The molecule has 3 aliphatic carbocycles. The number of carbonyl (C=O) groups is 3. The first kappa shape index (κ1) is 25.8. The smallest absolute Gasteiger partial charge is 0.197 e. The molecule has 1 heterocycles. The van der Waals surface area contributed by atoms with Gasteiger partial charge in [0.1, 0.15) is 34.9 Å². The predicted molar refractivity (Wildman–Crippen MR) is 161 cm³/mol. The number of benzene rings is 5. The van der Waals surface area contributed by atoms with Gasteiger partial charge < -0.3 is 30.3 Å². The Morgan fingerprint density at radius 2 is 1.27 bits per heavy atom. The number of phenols is 5. The second kappa shape index (κ2) is 7.88. The fourth-order valence-electron chi connectivity index (χ4n) is 7.98. The Bertz CT molecular complexity index is 2350. The SMILES string of the molecule is Cc1cc(O)c2c3c(c(O)c([C@@H]4c5c(cc(O)c6c5C(=O)c5cccc(O)c5-6)C(=O)[C@@]5(C)O[C@@H]45)c2c1)-c1c(O)cccc1C3=O. The van der Waals surface area contributed by atoms with Gasteiger partial charge in [-0.25, -0.2) is 0 Å². The summed E-state index contributed by atoms with van der Waals surface area (Å²) in [7, 11) is 0. The van der Waals surface area contributed by atoms with Gasteiger partial charge in [0.15, 0.2) is 23.0 Å². The van der Waals surface area contributed by atoms with Crippen molar-refractivity contribution in [1.29, 1.82) is 0 Å². The Labute approximate surface area is 254 Å². The highest BCUT2D eigenvalue weighted by molar-refractivity contribution is 6.31. The van der Waals surface area contributed by atoms with Crippen LogP contribution in [0.15, 0.2) is 54.6 Å². The Kier molecular flexibility index (Phi) is 4.52. The van der Waals surface area contributed by atoms with Crippen molar-refractivity contribution in [2.75, 3.05) is 0 Å². The summed E-state index contributed by atoms with van der Waals surface area (Å²) < 4.78 is 6.08. The van der Waals surface area contributed by atoms with E-state index in [0.717, 1.165) is 0 Å². The third kappa shape index (κ3) is 2.85. The molecule has 3 atom stereocenters. The van der Waals surface area contributed by atoms with Crippen molar-refractivity contribution in [2.24, 2.45) is 0 Å². The van der Waals surface area contributed by atoms with E-state index in [1.54, 1.807) is 19.9 Å². The molecule has 0 bridgehead atoms. The maximum absolute atomic E-state index is 14.1. The summed E-state index contributed by atoms with van der Waals surface area (Å²) in [6.07, 6.45) is -0.869. The summed E-state index contributed by atoms with van der Waals surface area (Å²) in [4.78, 5) is 41.8. The molecule has 4 aliphatic rings. The molecule has 0 spiro atoms. The van der Waals surface area contributed by atoms with Gasteiger partial charge in [-0.3, -0.25) is 14.4 Å². The molecule has 0 radical (unpaired) electrons. The van der Waals surface area contributed by atoms with Crippen LogP contribution in [0.4, 0.5) is 0 Å². The van der Waals surface area contributed by atoms with E-state index in [4.69, 9.17) is 4.74 Å². The van der Waals surface area contributed by atoms with Gasteiger partial charge in [-0.15, -0.1) is 0 Å². The van der Waals surface area contributed by atoms with Crippen molar-refractivity contribution in [2.45, 2.75) is 31.5 Å². The van der Waals surface area contributed by atoms with Crippen LogP contribution in [0.3, 0.4) is 0 Å². The van der Waals surface area contributed by atoms with Crippen LogP contribution < -0.4 is 0 Å². The third-order valence-electron chi connectivity index (χ3n) is 9.90. The molecule has 9 nitrogen and oxygen atoms in total. The molecule has 1 saturated heterocycles. The largest absolute Gasteiger partial charge is 0.507 e. The molecule has 45 heavy (non-hydrogen) atoms. The average molecular weight is 599 g/mol. The van der Waals surface area contributed by atoms with E-state index in [1.165, 1.54) is 48.5 Å². The third-order valence-corrected chi connectivity index (χ3v) is 9.90. The highest BCUT2D eigenvalue weighted by Gasteiger charge is 2.67. The Morgan fingerprint density at radius 3 is 1.93 bits per heavy atom. The van der Waals surface area contributed by atoms with Crippen molar-refractivity contribution in [3.8, 4) is 51.0 Å². The number of ether oxygens (including phenoxy) is 1. The van der Waals surface area contributed by atoms with E-state index >= 15 is 0 Å². The molecule has 0 amide bonds. The van der Waals surface area contributed by atoms with Crippen molar-refractivity contribution >= 4 is 28.1 Å². The predicted octanol–water partition coefficient (Wildman–Crippen LogP) is 5.58. The number of aryl methyl sites for hydroxylation is 1. The van der Waals surface area contributed by atoms with Crippen LogP contribution >= 0.6 is 0 Å². The summed E-state index contributed by atoms with van der Waals surface area (Å²) in [6.45, 7) is 3.34. The maximum Gasteiger partial charge on any atom is 0.197 e. The first-order chi connectivity index (χ1) is 21.5. The molecule has 1 fully saturated rings. The first-order valence-corrected chi connectivity index (χ1v) is 14.3. The number of hydrogen-bond acceptors (Lipinski definition) is 9. The van der Waals surface area contributed by atoms with Crippen LogP contribution in [0.1, 0.15) is 71.7 Å². The van der Waals surface area contributed by atoms with E-state index < -0.39 is 35.0 Å². The summed E-state index contributed by atoms with van der Waals surface area (Å²) >= 11 is 0. The zero-order valence-corrected chi connectivity index (χ0v) is 23.7. The minimum Gasteiger partial charge on any atom is -0.507 e. The van der Waals surface area contributed by atoms with Gasteiger partial charge >= 0.3 is 0 Å². The highest BCUT2D eigenvalue weighted by Crippen LogP contribution is 2.63. The van der Waals surface area contributed by atoms with Crippen LogP contribution in [0.2, 0.25) is 0 Å². The zero-order chi connectivity index (χ0) is 31.4. The number of ketones is 3. The van der Waals surface area contributed by atoms with Crippen LogP contribution in [0.25, 0.3) is 33.0 Å². The molecular formula is C36H22O9. The minimum absolute atomic E-state index is 0.00153. The van der Waals surface area contributed by atoms with Gasteiger partial charge in [-0.2, -0.15) is 0 Å². The van der Waals surface area contributed by atoms with Gasteiger partial charge in [0.05, 0.1) is 0 Å². The number of carbonyl (C=O) groups excluding carboxylic acids is 3.